The monoisotopic (exact) mass is 296 g/mol. The van der Waals surface area contributed by atoms with Gasteiger partial charge in [0.15, 0.2) is 0 Å². The van der Waals surface area contributed by atoms with Gasteiger partial charge in [-0.05, 0) is 32.9 Å². The van der Waals surface area contributed by atoms with Gasteiger partial charge in [0.05, 0.1) is 24.5 Å². The molecule has 1 aliphatic heterocycles. The highest BCUT2D eigenvalue weighted by Gasteiger charge is 2.26. The lowest BCUT2D eigenvalue weighted by atomic mass is 10.2. The molecule has 0 aliphatic carbocycles. The van der Waals surface area contributed by atoms with E-state index in [9.17, 15) is 9.18 Å². The number of halogens is 1. The molecule has 0 spiro atoms. The molecule has 116 valence electrons. The Kier molecular flexibility index (Phi) is 5.01. The van der Waals surface area contributed by atoms with E-state index in [2.05, 4.69) is 5.32 Å². The van der Waals surface area contributed by atoms with Gasteiger partial charge in [-0.25, -0.2) is 9.18 Å². The van der Waals surface area contributed by atoms with E-state index in [0.717, 1.165) is 0 Å². The molecule has 5 nitrogen and oxygen atoms in total. The van der Waals surface area contributed by atoms with Crippen LogP contribution in [0.4, 0.5) is 14.9 Å². The van der Waals surface area contributed by atoms with Crippen molar-refractivity contribution in [2.24, 2.45) is 0 Å². The molecule has 1 saturated heterocycles. The molecule has 0 bridgehead atoms. The molecule has 2 atom stereocenters. The van der Waals surface area contributed by atoms with Gasteiger partial charge >= 0.3 is 6.03 Å². The number of amides is 2. The molecular formula is C15H21FN2O3. The molecular weight excluding hydrogens is 275 g/mol. The average molecular weight is 296 g/mol. The predicted molar refractivity (Wildman–Crippen MR) is 78.2 cm³/mol. The molecule has 1 aromatic rings. The van der Waals surface area contributed by atoms with E-state index in [1.54, 1.807) is 4.90 Å². The van der Waals surface area contributed by atoms with Gasteiger partial charge in [0, 0.05) is 19.2 Å². The Balaban J connectivity index is 2.08. The maximum Gasteiger partial charge on any atom is 0.322 e. The Bertz CT molecular complexity index is 500. The zero-order valence-corrected chi connectivity index (χ0v) is 12.6. The van der Waals surface area contributed by atoms with Crippen LogP contribution in [0.25, 0.3) is 0 Å². The van der Waals surface area contributed by atoms with Gasteiger partial charge in [0.1, 0.15) is 11.6 Å². The van der Waals surface area contributed by atoms with Gasteiger partial charge < -0.3 is 19.7 Å². The minimum atomic E-state index is -0.398. The molecule has 0 aromatic heterocycles. The SMILES string of the molecule is CCOc1cc(F)ccc1NC(=O)N1CC(C)OC(C)C1. The minimum absolute atomic E-state index is 0.000852. The zero-order valence-electron chi connectivity index (χ0n) is 12.6. The first-order valence-electron chi connectivity index (χ1n) is 7.13. The molecule has 1 aromatic carbocycles. The molecule has 1 fully saturated rings. The summed E-state index contributed by atoms with van der Waals surface area (Å²) in [5.41, 5.74) is 0.468. The van der Waals surface area contributed by atoms with Crippen molar-refractivity contribution in [3.8, 4) is 5.75 Å². The first-order chi connectivity index (χ1) is 9.99. The molecule has 2 amide bonds. The molecule has 6 heteroatoms. The van der Waals surface area contributed by atoms with E-state index < -0.39 is 5.82 Å². The van der Waals surface area contributed by atoms with Crippen LogP contribution in [-0.4, -0.2) is 42.8 Å². The predicted octanol–water partition coefficient (Wildman–Crippen LogP) is 2.87. The molecule has 1 N–H and O–H groups in total. The number of anilines is 1. The van der Waals surface area contributed by atoms with Crippen LogP contribution in [0.3, 0.4) is 0 Å². The van der Waals surface area contributed by atoms with Crippen LogP contribution in [-0.2, 0) is 4.74 Å². The summed E-state index contributed by atoms with van der Waals surface area (Å²) in [5, 5.41) is 2.77. The van der Waals surface area contributed by atoms with Crippen molar-refractivity contribution in [1.82, 2.24) is 4.90 Å². The number of urea groups is 1. The molecule has 2 rings (SSSR count). The van der Waals surface area contributed by atoms with Crippen LogP contribution in [0, 0.1) is 5.82 Å². The lowest BCUT2D eigenvalue weighted by molar-refractivity contribution is -0.0530. The van der Waals surface area contributed by atoms with Gasteiger partial charge in [-0.1, -0.05) is 0 Å². The fourth-order valence-electron chi connectivity index (χ4n) is 2.41. The number of ether oxygens (including phenoxy) is 2. The average Bonchev–Trinajstić information content (AvgIpc) is 2.41. The molecule has 0 saturated carbocycles. The summed E-state index contributed by atoms with van der Waals surface area (Å²) >= 11 is 0. The summed E-state index contributed by atoms with van der Waals surface area (Å²) in [6, 6.07) is 3.84. The topological polar surface area (TPSA) is 50.8 Å². The maximum absolute atomic E-state index is 13.2. The number of rotatable bonds is 3. The lowest BCUT2D eigenvalue weighted by Gasteiger charge is -2.35. The van der Waals surface area contributed by atoms with Crippen molar-refractivity contribution in [3.05, 3.63) is 24.0 Å². The van der Waals surface area contributed by atoms with Gasteiger partial charge in [-0.2, -0.15) is 0 Å². The van der Waals surface area contributed by atoms with E-state index in [4.69, 9.17) is 9.47 Å². The second-order valence-corrected chi connectivity index (χ2v) is 5.17. The van der Waals surface area contributed by atoms with Crippen molar-refractivity contribution >= 4 is 11.7 Å². The van der Waals surface area contributed by atoms with E-state index in [-0.39, 0.29) is 18.2 Å². The Morgan fingerprint density at radius 3 is 2.71 bits per heavy atom. The van der Waals surface area contributed by atoms with Crippen LogP contribution in [0.15, 0.2) is 18.2 Å². The Morgan fingerprint density at radius 1 is 1.43 bits per heavy atom. The number of carbonyl (C=O) groups is 1. The summed E-state index contributed by atoms with van der Waals surface area (Å²) in [6.07, 6.45) is -0.00170. The molecule has 1 aliphatic rings. The molecule has 21 heavy (non-hydrogen) atoms. The van der Waals surface area contributed by atoms with E-state index >= 15 is 0 Å². The van der Waals surface area contributed by atoms with Crippen molar-refractivity contribution in [2.45, 2.75) is 33.0 Å². The summed E-state index contributed by atoms with van der Waals surface area (Å²) in [5.74, 6) is -0.0646. The second-order valence-electron chi connectivity index (χ2n) is 5.17. The Morgan fingerprint density at radius 2 is 2.10 bits per heavy atom. The highest BCUT2D eigenvalue weighted by molar-refractivity contribution is 5.91. The minimum Gasteiger partial charge on any atom is -0.492 e. The van der Waals surface area contributed by atoms with Crippen LogP contribution < -0.4 is 10.1 Å². The van der Waals surface area contributed by atoms with Crippen molar-refractivity contribution in [3.63, 3.8) is 0 Å². The largest absolute Gasteiger partial charge is 0.492 e. The number of benzene rings is 1. The van der Waals surface area contributed by atoms with E-state index in [0.29, 0.717) is 31.1 Å². The third kappa shape index (κ3) is 4.07. The standard InChI is InChI=1S/C15H21FN2O3/c1-4-20-14-7-12(16)5-6-13(14)17-15(19)18-8-10(2)21-11(3)9-18/h5-7,10-11H,4,8-9H2,1-3H3,(H,17,19). The van der Waals surface area contributed by atoms with Gasteiger partial charge in [0.25, 0.3) is 0 Å². The highest BCUT2D eigenvalue weighted by Crippen LogP contribution is 2.26. The van der Waals surface area contributed by atoms with Crippen LogP contribution in [0.1, 0.15) is 20.8 Å². The van der Waals surface area contributed by atoms with E-state index in [1.165, 1.54) is 18.2 Å². The first-order valence-corrected chi connectivity index (χ1v) is 7.13. The van der Waals surface area contributed by atoms with Crippen molar-refractivity contribution < 1.29 is 18.7 Å². The van der Waals surface area contributed by atoms with Gasteiger partial charge in [0.2, 0.25) is 0 Å². The van der Waals surface area contributed by atoms with Crippen LogP contribution in [0.5, 0.6) is 5.75 Å². The smallest absolute Gasteiger partial charge is 0.322 e. The zero-order chi connectivity index (χ0) is 15.4. The third-order valence-corrected chi connectivity index (χ3v) is 3.19. The van der Waals surface area contributed by atoms with Crippen LogP contribution in [0.2, 0.25) is 0 Å². The Labute approximate surface area is 124 Å². The molecule has 0 radical (unpaired) electrons. The maximum atomic E-state index is 13.2. The summed E-state index contributed by atoms with van der Waals surface area (Å²) in [4.78, 5) is 14.0. The number of hydrogen-bond acceptors (Lipinski definition) is 3. The fourth-order valence-corrected chi connectivity index (χ4v) is 2.41. The number of morpholine rings is 1. The summed E-state index contributed by atoms with van der Waals surface area (Å²) < 4.78 is 24.2. The van der Waals surface area contributed by atoms with Crippen molar-refractivity contribution in [2.75, 3.05) is 25.0 Å². The second kappa shape index (κ2) is 6.76. The fraction of sp³-hybridized carbons (Fsp3) is 0.533. The number of nitrogens with zero attached hydrogens (tertiary/aromatic N) is 1. The Hall–Kier alpha value is -1.82. The van der Waals surface area contributed by atoms with Gasteiger partial charge in [-0.3, -0.25) is 0 Å². The molecule has 1 heterocycles. The highest BCUT2D eigenvalue weighted by atomic mass is 19.1. The van der Waals surface area contributed by atoms with Gasteiger partial charge in [-0.15, -0.1) is 0 Å². The summed E-state index contributed by atoms with van der Waals surface area (Å²) in [7, 11) is 0. The normalized spacial score (nSPS) is 22.0. The number of carbonyl (C=O) groups excluding carboxylic acids is 1. The third-order valence-electron chi connectivity index (χ3n) is 3.19. The number of nitrogens with one attached hydrogen (secondary N) is 1. The number of hydrogen-bond donors (Lipinski definition) is 1. The van der Waals surface area contributed by atoms with Crippen molar-refractivity contribution in [1.29, 1.82) is 0 Å². The summed E-state index contributed by atoms with van der Waals surface area (Å²) in [6.45, 7) is 7.13. The quantitative estimate of drug-likeness (QED) is 0.933. The lowest BCUT2D eigenvalue weighted by Crippen LogP contribution is -2.49. The first kappa shape index (κ1) is 15.6. The van der Waals surface area contributed by atoms with E-state index in [1.807, 2.05) is 20.8 Å². The molecule has 2 unspecified atom stereocenters. The van der Waals surface area contributed by atoms with Crippen LogP contribution >= 0.6 is 0 Å².